The molecule has 2 N–H and O–H groups in total. The first-order valence-electron chi connectivity index (χ1n) is 12.3. The Bertz CT molecular complexity index is 1790. The Morgan fingerprint density at radius 3 is 2.74 bits per heavy atom. The number of alkyl halides is 2. The molecule has 1 aromatic carbocycles. The summed E-state index contributed by atoms with van der Waals surface area (Å²) >= 11 is 1.64. The fourth-order valence-electron chi connectivity index (χ4n) is 5.26. The maximum absolute atomic E-state index is 13.7. The molecule has 190 valence electrons. The Labute approximate surface area is 220 Å². The molecule has 0 aliphatic carbocycles. The molecule has 1 aliphatic heterocycles. The number of hydrogen-bond acceptors (Lipinski definition) is 6. The molecular formula is C28H23F2N7S. The Kier molecular flexibility index (Phi) is 5.34. The number of imidazole rings is 1. The van der Waals surface area contributed by atoms with Crippen LogP contribution in [-0.2, 0) is 6.54 Å². The van der Waals surface area contributed by atoms with Gasteiger partial charge in [0.25, 0.3) is 5.92 Å². The van der Waals surface area contributed by atoms with Crippen molar-refractivity contribution in [1.82, 2.24) is 35.0 Å². The molecule has 38 heavy (non-hydrogen) atoms. The first-order chi connectivity index (χ1) is 18.4. The summed E-state index contributed by atoms with van der Waals surface area (Å²) < 4.78 is 27.3. The topological polar surface area (TPSA) is 86.4 Å². The smallest absolute Gasteiger partial charge is 0.261 e. The number of rotatable bonds is 5. The van der Waals surface area contributed by atoms with Crippen molar-refractivity contribution in [2.45, 2.75) is 25.8 Å². The zero-order valence-electron chi connectivity index (χ0n) is 20.5. The molecule has 0 amide bonds. The van der Waals surface area contributed by atoms with Gasteiger partial charge in [0, 0.05) is 54.6 Å². The van der Waals surface area contributed by atoms with Crippen LogP contribution in [0.5, 0.6) is 0 Å². The van der Waals surface area contributed by atoms with E-state index in [4.69, 9.17) is 4.98 Å². The molecule has 10 heteroatoms. The van der Waals surface area contributed by atoms with Crippen LogP contribution in [0.2, 0.25) is 0 Å². The average Bonchev–Trinajstić information content (AvgIpc) is 3.69. The predicted molar refractivity (Wildman–Crippen MR) is 145 cm³/mol. The summed E-state index contributed by atoms with van der Waals surface area (Å²) in [4.78, 5) is 18.9. The van der Waals surface area contributed by atoms with Crippen LogP contribution in [0.4, 0.5) is 8.78 Å². The van der Waals surface area contributed by atoms with Crippen LogP contribution in [0.15, 0.2) is 59.8 Å². The number of H-pyrrole nitrogens is 2. The predicted octanol–water partition coefficient (Wildman–Crippen LogP) is 6.44. The zero-order chi connectivity index (χ0) is 25.9. The van der Waals surface area contributed by atoms with Gasteiger partial charge in [0.05, 0.1) is 23.8 Å². The molecule has 0 radical (unpaired) electrons. The third-order valence-electron chi connectivity index (χ3n) is 7.12. The standard InChI is InChI=1S/C28H23F2N7S/c1-16-6-23-21(8-20(16)19-7-17(9-31-10-19)13-37-4-3-28(29,30)15-37)26(36-35-23)27-33-24-12-32-11-22(25(24)34-27)18-2-5-38-14-18/h2,5-12,14H,3-4,13,15H2,1H3,(H,33,34)(H,35,36). The minimum Gasteiger partial charge on any atom is -0.335 e. The summed E-state index contributed by atoms with van der Waals surface area (Å²) in [6.07, 6.45) is 7.09. The van der Waals surface area contributed by atoms with Crippen molar-refractivity contribution >= 4 is 33.3 Å². The van der Waals surface area contributed by atoms with E-state index in [0.29, 0.717) is 18.9 Å². The number of thiophene rings is 1. The average molecular weight is 528 g/mol. The van der Waals surface area contributed by atoms with E-state index < -0.39 is 5.92 Å². The number of nitrogens with zero attached hydrogens (tertiary/aromatic N) is 5. The summed E-state index contributed by atoms with van der Waals surface area (Å²) in [5, 5.41) is 12.8. The molecule has 0 atom stereocenters. The zero-order valence-corrected chi connectivity index (χ0v) is 21.3. The van der Waals surface area contributed by atoms with Gasteiger partial charge in [0.2, 0.25) is 0 Å². The van der Waals surface area contributed by atoms with Crippen LogP contribution in [0.25, 0.3) is 55.7 Å². The quantitative estimate of drug-likeness (QED) is 0.269. The highest BCUT2D eigenvalue weighted by atomic mass is 32.1. The molecular weight excluding hydrogens is 504 g/mol. The highest BCUT2D eigenvalue weighted by molar-refractivity contribution is 7.08. The summed E-state index contributed by atoms with van der Waals surface area (Å²) in [5.74, 6) is -1.95. The molecule has 0 unspecified atom stereocenters. The molecule has 1 saturated heterocycles. The maximum atomic E-state index is 13.7. The lowest BCUT2D eigenvalue weighted by Crippen LogP contribution is -2.24. The molecule has 0 bridgehead atoms. The number of aromatic nitrogens is 6. The minimum atomic E-state index is -2.61. The number of aromatic amines is 2. The van der Waals surface area contributed by atoms with Crippen molar-refractivity contribution in [2.24, 2.45) is 0 Å². The Balaban J connectivity index is 1.27. The lowest BCUT2D eigenvalue weighted by atomic mass is 9.98. The van der Waals surface area contributed by atoms with Crippen molar-refractivity contribution in [2.75, 3.05) is 13.1 Å². The van der Waals surface area contributed by atoms with Crippen LogP contribution in [0, 0.1) is 6.92 Å². The molecule has 6 heterocycles. The molecule has 7 nitrogen and oxygen atoms in total. The first-order valence-corrected chi connectivity index (χ1v) is 13.3. The van der Waals surface area contributed by atoms with Gasteiger partial charge < -0.3 is 4.98 Å². The first kappa shape index (κ1) is 23.1. The maximum Gasteiger partial charge on any atom is 0.261 e. The number of nitrogens with one attached hydrogen (secondary N) is 2. The molecule has 6 aromatic rings. The number of hydrogen-bond donors (Lipinski definition) is 2. The lowest BCUT2D eigenvalue weighted by molar-refractivity contribution is 0.0115. The van der Waals surface area contributed by atoms with Crippen molar-refractivity contribution in [1.29, 1.82) is 0 Å². The normalized spacial score (nSPS) is 15.7. The van der Waals surface area contributed by atoms with E-state index >= 15 is 0 Å². The fraction of sp³-hybridized carbons (Fsp3) is 0.214. The second-order valence-electron chi connectivity index (χ2n) is 9.86. The van der Waals surface area contributed by atoms with E-state index in [1.54, 1.807) is 28.6 Å². The van der Waals surface area contributed by atoms with Gasteiger partial charge in [-0.2, -0.15) is 16.4 Å². The van der Waals surface area contributed by atoms with Crippen molar-refractivity contribution in [3.63, 3.8) is 0 Å². The molecule has 0 spiro atoms. The Morgan fingerprint density at radius 2 is 1.92 bits per heavy atom. The summed E-state index contributed by atoms with van der Waals surface area (Å²) in [5.41, 5.74) is 9.30. The van der Waals surface area contributed by atoms with Gasteiger partial charge >= 0.3 is 0 Å². The second-order valence-corrected chi connectivity index (χ2v) is 10.6. The molecule has 1 fully saturated rings. The van der Waals surface area contributed by atoms with Crippen molar-refractivity contribution in [3.05, 3.63) is 70.9 Å². The third kappa shape index (κ3) is 4.06. The van der Waals surface area contributed by atoms with E-state index in [2.05, 4.69) is 48.7 Å². The molecule has 5 aromatic heterocycles. The van der Waals surface area contributed by atoms with Gasteiger partial charge in [-0.25, -0.2) is 13.8 Å². The third-order valence-corrected chi connectivity index (χ3v) is 7.80. The van der Waals surface area contributed by atoms with E-state index in [-0.39, 0.29) is 13.0 Å². The van der Waals surface area contributed by atoms with E-state index in [0.717, 1.165) is 61.0 Å². The summed E-state index contributed by atoms with van der Waals surface area (Å²) in [7, 11) is 0. The monoisotopic (exact) mass is 527 g/mol. The summed E-state index contributed by atoms with van der Waals surface area (Å²) in [6.45, 7) is 2.68. The number of benzene rings is 1. The van der Waals surface area contributed by atoms with Gasteiger partial charge in [-0.05, 0) is 64.2 Å². The van der Waals surface area contributed by atoms with Gasteiger partial charge in [-0.1, -0.05) is 0 Å². The number of likely N-dealkylation sites (tertiary alicyclic amines) is 1. The van der Waals surface area contributed by atoms with Crippen LogP contribution in [-0.4, -0.2) is 54.0 Å². The fourth-order valence-corrected chi connectivity index (χ4v) is 5.92. The van der Waals surface area contributed by atoms with Crippen molar-refractivity contribution < 1.29 is 8.78 Å². The largest absolute Gasteiger partial charge is 0.335 e. The van der Waals surface area contributed by atoms with Crippen molar-refractivity contribution in [3.8, 4) is 33.8 Å². The highest BCUT2D eigenvalue weighted by Crippen LogP contribution is 2.35. The molecule has 0 saturated carbocycles. The highest BCUT2D eigenvalue weighted by Gasteiger charge is 2.37. The van der Waals surface area contributed by atoms with E-state index in [1.165, 1.54) is 0 Å². The Hall–Kier alpha value is -4.02. The van der Waals surface area contributed by atoms with Gasteiger partial charge in [0.1, 0.15) is 11.2 Å². The SMILES string of the molecule is Cc1cc2[nH]nc(-c3nc4c(-c5ccsc5)cncc4[nH]3)c2cc1-c1cncc(CN2CCC(F)(F)C2)c1. The minimum absolute atomic E-state index is 0.0915. The van der Waals surface area contributed by atoms with E-state index in [1.807, 2.05) is 30.8 Å². The van der Waals surface area contributed by atoms with Gasteiger partial charge in [-0.3, -0.25) is 20.0 Å². The number of pyridine rings is 2. The summed E-state index contributed by atoms with van der Waals surface area (Å²) in [6, 6.07) is 8.26. The van der Waals surface area contributed by atoms with Crippen LogP contribution in [0.1, 0.15) is 17.5 Å². The molecule has 7 rings (SSSR count). The van der Waals surface area contributed by atoms with Gasteiger partial charge in [0.15, 0.2) is 5.82 Å². The number of halogens is 2. The Morgan fingerprint density at radius 1 is 1.03 bits per heavy atom. The van der Waals surface area contributed by atoms with E-state index in [9.17, 15) is 8.78 Å². The van der Waals surface area contributed by atoms with Crippen LogP contribution in [0.3, 0.4) is 0 Å². The second kappa shape index (κ2) is 8.78. The van der Waals surface area contributed by atoms with Crippen LogP contribution < -0.4 is 0 Å². The number of fused-ring (bicyclic) bond motifs is 2. The molecule has 1 aliphatic rings. The lowest BCUT2D eigenvalue weighted by Gasteiger charge is -2.16. The van der Waals surface area contributed by atoms with Crippen LogP contribution >= 0.6 is 11.3 Å². The van der Waals surface area contributed by atoms with Gasteiger partial charge in [-0.15, -0.1) is 0 Å². The number of aryl methyl sites for hydroxylation is 1.